The molecule has 18 heavy (non-hydrogen) atoms. The van der Waals surface area contributed by atoms with Crippen molar-refractivity contribution in [3.05, 3.63) is 34.3 Å². The molecule has 0 aliphatic carbocycles. The van der Waals surface area contributed by atoms with Crippen LogP contribution in [0.3, 0.4) is 0 Å². The van der Waals surface area contributed by atoms with E-state index in [1.54, 1.807) is 0 Å². The molecule has 0 radical (unpaired) electrons. The molecule has 3 heteroatoms. The zero-order valence-electron chi connectivity index (χ0n) is 11.5. The second kappa shape index (κ2) is 6.18. The predicted octanol–water partition coefficient (Wildman–Crippen LogP) is 3.58. The molecule has 100 valence electrons. The van der Waals surface area contributed by atoms with E-state index in [2.05, 4.69) is 71.2 Å². The van der Waals surface area contributed by atoms with E-state index in [1.165, 1.54) is 29.5 Å². The van der Waals surface area contributed by atoms with Crippen molar-refractivity contribution in [2.24, 2.45) is 0 Å². The summed E-state index contributed by atoms with van der Waals surface area (Å²) in [6.07, 6.45) is 1.26. The van der Waals surface area contributed by atoms with Gasteiger partial charge in [-0.25, -0.2) is 0 Å². The van der Waals surface area contributed by atoms with E-state index < -0.39 is 0 Å². The van der Waals surface area contributed by atoms with Crippen molar-refractivity contribution in [3.63, 3.8) is 0 Å². The molecule has 0 aromatic heterocycles. The van der Waals surface area contributed by atoms with Crippen molar-refractivity contribution < 1.29 is 0 Å². The van der Waals surface area contributed by atoms with Crippen molar-refractivity contribution in [1.82, 2.24) is 10.2 Å². The summed E-state index contributed by atoms with van der Waals surface area (Å²) in [6, 6.07) is 10.2. The van der Waals surface area contributed by atoms with Gasteiger partial charge in [0, 0.05) is 29.1 Å². The zero-order valence-corrected chi connectivity index (χ0v) is 13.1. The van der Waals surface area contributed by atoms with Crippen molar-refractivity contribution in [3.8, 4) is 0 Å². The van der Waals surface area contributed by atoms with Gasteiger partial charge in [0.1, 0.15) is 0 Å². The fourth-order valence-electron chi connectivity index (χ4n) is 2.66. The molecule has 0 saturated carbocycles. The summed E-state index contributed by atoms with van der Waals surface area (Å²) in [7, 11) is 0. The SMILES string of the molecule is CC(C)N1CCC(N[C@H](C)c2ccccc2Br)C1. The number of rotatable bonds is 4. The summed E-state index contributed by atoms with van der Waals surface area (Å²) in [5, 5.41) is 3.75. The lowest BCUT2D eigenvalue weighted by Crippen LogP contribution is -2.36. The fraction of sp³-hybridized carbons (Fsp3) is 0.600. The van der Waals surface area contributed by atoms with Gasteiger partial charge < -0.3 is 5.32 Å². The molecule has 1 heterocycles. The van der Waals surface area contributed by atoms with Crippen LogP contribution in [0.5, 0.6) is 0 Å². The minimum Gasteiger partial charge on any atom is -0.306 e. The molecule has 2 nitrogen and oxygen atoms in total. The molecule has 1 aliphatic rings. The van der Waals surface area contributed by atoms with E-state index in [-0.39, 0.29) is 0 Å². The topological polar surface area (TPSA) is 15.3 Å². The number of hydrogen-bond acceptors (Lipinski definition) is 2. The molecule has 2 atom stereocenters. The number of nitrogens with one attached hydrogen (secondary N) is 1. The second-order valence-electron chi connectivity index (χ2n) is 5.48. The maximum atomic E-state index is 3.75. The average Bonchev–Trinajstić information content (AvgIpc) is 2.78. The summed E-state index contributed by atoms with van der Waals surface area (Å²) in [6.45, 7) is 9.20. The molecule has 1 saturated heterocycles. The summed E-state index contributed by atoms with van der Waals surface area (Å²) in [5.74, 6) is 0. The van der Waals surface area contributed by atoms with E-state index in [1.807, 2.05) is 0 Å². The largest absolute Gasteiger partial charge is 0.306 e. The minimum atomic E-state index is 0.401. The molecule has 1 N–H and O–H groups in total. The Labute approximate surface area is 119 Å². The minimum absolute atomic E-state index is 0.401. The van der Waals surface area contributed by atoms with Gasteiger partial charge in [-0.05, 0) is 45.4 Å². The van der Waals surface area contributed by atoms with Crippen LogP contribution in [0.1, 0.15) is 38.8 Å². The molecule has 1 aliphatic heterocycles. The van der Waals surface area contributed by atoms with E-state index in [9.17, 15) is 0 Å². The van der Waals surface area contributed by atoms with Crippen LogP contribution in [0.15, 0.2) is 28.7 Å². The quantitative estimate of drug-likeness (QED) is 0.914. The lowest BCUT2D eigenvalue weighted by Gasteiger charge is -2.23. The van der Waals surface area contributed by atoms with Gasteiger partial charge in [0.25, 0.3) is 0 Å². The Hall–Kier alpha value is -0.380. The summed E-state index contributed by atoms with van der Waals surface area (Å²) in [5.41, 5.74) is 1.35. The summed E-state index contributed by atoms with van der Waals surface area (Å²) < 4.78 is 1.20. The highest BCUT2D eigenvalue weighted by Crippen LogP contribution is 2.24. The van der Waals surface area contributed by atoms with Crippen molar-refractivity contribution >= 4 is 15.9 Å². The molecule has 0 amide bonds. The average molecular weight is 311 g/mol. The Morgan fingerprint density at radius 1 is 1.28 bits per heavy atom. The number of nitrogens with zero attached hydrogens (tertiary/aromatic N) is 1. The Kier molecular flexibility index (Phi) is 4.82. The van der Waals surface area contributed by atoms with Crippen LogP contribution in [0.2, 0.25) is 0 Å². The van der Waals surface area contributed by atoms with Crippen LogP contribution >= 0.6 is 15.9 Å². The predicted molar refractivity (Wildman–Crippen MR) is 80.8 cm³/mol. The molecule has 1 aromatic carbocycles. The van der Waals surface area contributed by atoms with Gasteiger partial charge >= 0.3 is 0 Å². The number of hydrogen-bond donors (Lipinski definition) is 1. The lowest BCUT2D eigenvalue weighted by molar-refractivity contribution is 0.266. The van der Waals surface area contributed by atoms with Gasteiger partial charge in [-0.2, -0.15) is 0 Å². The van der Waals surface area contributed by atoms with Gasteiger partial charge in [0.2, 0.25) is 0 Å². The Morgan fingerprint density at radius 2 is 2.00 bits per heavy atom. The van der Waals surface area contributed by atoms with Gasteiger partial charge in [-0.15, -0.1) is 0 Å². The third-order valence-corrected chi connectivity index (χ3v) is 4.53. The molecule has 0 spiro atoms. The van der Waals surface area contributed by atoms with Crippen LogP contribution in [-0.4, -0.2) is 30.1 Å². The Balaban J connectivity index is 1.93. The fourth-order valence-corrected chi connectivity index (χ4v) is 3.29. The van der Waals surface area contributed by atoms with Gasteiger partial charge in [0.15, 0.2) is 0 Å². The van der Waals surface area contributed by atoms with E-state index in [0.29, 0.717) is 18.1 Å². The van der Waals surface area contributed by atoms with Gasteiger partial charge in [-0.1, -0.05) is 34.1 Å². The normalized spacial score (nSPS) is 22.6. The van der Waals surface area contributed by atoms with Gasteiger partial charge in [0.05, 0.1) is 0 Å². The van der Waals surface area contributed by atoms with Crippen molar-refractivity contribution in [2.75, 3.05) is 13.1 Å². The van der Waals surface area contributed by atoms with Crippen LogP contribution in [0, 0.1) is 0 Å². The highest BCUT2D eigenvalue weighted by molar-refractivity contribution is 9.10. The molecular formula is C15H23BrN2. The molecule has 1 fully saturated rings. The zero-order chi connectivity index (χ0) is 13.1. The third kappa shape index (κ3) is 3.34. The number of halogens is 1. The van der Waals surface area contributed by atoms with E-state index in [4.69, 9.17) is 0 Å². The first-order chi connectivity index (χ1) is 8.58. The monoisotopic (exact) mass is 310 g/mol. The Bertz CT molecular complexity index is 392. The first kappa shape index (κ1) is 14.0. The molecule has 1 unspecified atom stereocenters. The summed E-state index contributed by atoms with van der Waals surface area (Å²) in [4.78, 5) is 2.55. The maximum absolute atomic E-state index is 3.75. The maximum Gasteiger partial charge on any atom is 0.0306 e. The van der Waals surface area contributed by atoms with E-state index >= 15 is 0 Å². The molecule has 0 bridgehead atoms. The summed E-state index contributed by atoms with van der Waals surface area (Å²) >= 11 is 3.63. The highest BCUT2D eigenvalue weighted by atomic mass is 79.9. The first-order valence-electron chi connectivity index (χ1n) is 6.82. The molecule has 1 aromatic rings. The smallest absolute Gasteiger partial charge is 0.0306 e. The number of likely N-dealkylation sites (tertiary alicyclic amines) is 1. The molecular weight excluding hydrogens is 288 g/mol. The van der Waals surface area contributed by atoms with E-state index in [0.717, 1.165) is 0 Å². The molecule has 2 rings (SSSR count). The van der Waals surface area contributed by atoms with Crippen LogP contribution in [-0.2, 0) is 0 Å². The third-order valence-electron chi connectivity index (χ3n) is 3.81. The first-order valence-corrected chi connectivity index (χ1v) is 7.61. The standard InChI is InChI=1S/C15H23BrN2/c1-11(2)18-9-8-13(10-18)17-12(3)14-6-4-5-7-15(14)16/h4-7,11-13,17H,8-10H2,1-3H3/t12-,13?/m1/s1. The number of benzene rings is 1. The van der Waals surface area contributed by atoms with Crippen LogP contribution < -0.4 is 5.32 Å². The van der Waals surface area contributed by atoms with Crippen molar-refractivity contribution in [1.29, 1.82) is 0 Å². The lowest BCUT2D eigenvalue weighted by atomic mass is 10.1. The Morgan fingerprint density at radius 3 is 2.61 bits per heavy atom. The second-order valence-corrected chi connectivity index (χ2v) is 6.34. The van der Waals surface area contributed by atoms with Crippen LogP contribution in [0.25, 0.3) is 0 Å². The van der Waals surface area contributed by atoms with Crippen LogP contribution in [0.4, 0.5) is 0 Å². The highest BCUT2D eigenvalue weighted by Gasteiger charge is 2.25. The van der Waals surface area contributed by atoms with Crippen molar-refractivity contribution in [2.45, 2.75) is 45.3 Å². The van der Waals surface area contributed by atoms with Gasteiger partial charge in [-0.3, -0.25) is 4.90 Å².